The van der Waals surface area contributed by atoms with Crippen molar-refractivity contribution in [3.63, 3.8) is 0 Å². The maximum atomic E-state index is 12.5. The predicted octanol–water partition coefficient (Wildman–Crippen LogP) is 3.05. The molecule has 0 unspecified atom stereocenters. The number of pyridine rings is 1. The number of nitrogens with zero attached hydrogens (tertiary/aromatic N) is 4. The second kappa shape index (κ2) is 7.93. The first-order chi connectivity index (χ1) is 15.1. The van der Waals surface area contributed by atoms with Crippen LogP contribution in [0.3, 0.4) is 0 Å². The van der Waals surface area contributed by atoms with Gasteiger partial charge >= 0.3 is 5.97 Å². The second-order valence-electron chi connectivity index (χ2n) is 9.55. The molecule has 1 saturated heterocycles. The van der Waals surface area contributed by atoms with Gasteiger partial charge < -0.3 is 15.3 Å². The lowest BCUT2D eigenvalue weighted by molar-refractivity contribution is -0.146. The lowest BCUT2D eigenvalue weighted by atomic mass is 9.82. The van der Waals surface area contributed by atoms with Crippen LogP contribution >= 0.6 is 0 Å². The molecule has 2 aromatic heterocycles. The van der Waals surface area contributed by atoms with Crippen molar-refractivity contribution >= 4 is 23.2 Å². The third-order valence-electron chi connectivity index (χ3n) is 6.39. The molecule has 1 aliphatic rings. The van der Waals surface area contributed by atoms with Gasteiger partial charge in [0.1, 0.15) is 0 Å². The van der Waals surface area contributed by atoms with Crippen molar-refractivity contribution in [1.82, 2.24) is 19.9 Å². The highest BCUT2D eigenvalue weighted by Crippen LogP contribution is 2.36. The standard InChI is InChI=1S/C24H29N5O3/c1-16-12-18(28-11-10-24(4,15-28)17-8-6-5-7-9-17)13-29-20(16)26-19(27-29)21(30)25-14-23(2,3)22(31)32/h5-9,12-13H,10-11,14-15H2,1-4H3,(H,25,30)(H,31,32)/t24-/m0/s1. The molecule has 168 valence electrons. The number of nitrogens with one attached hydrogen (secondary N) is 1. The molecule has 0 aliphatic carbocycles. The van der Waals surface area contributed by atoms with Crippen LogP contribution in [0.2, 0.25) is 0 Å². The van der Waals surface area contributed by atoms with Crippen molar-refractivity contribution in [1.29, 1.82) is 0 Å². The number of carboxylic acid groups (broad SMARTS) is 1. The smallest absolute Gasteiger partial charge is 0.310 e. The summed E-state index contributed by atoms with van der Waals surface area (Å²) in [5, 5.41) is 16.2. The third kappa shape index (κ3) is 4.04. The SMILES string of the molecule is Cc1cc(N2CC[C@](C)(c3ccccc3)C2)cn2nc(C(=O)NCC(C)(C)C(=O)O)nc12. The molecular weight excluding hydrogens is 406 g/mol. The molecule has 1 atom stereocenters. The summed E-state index contributed by atoms with van der Waals surface area (Å²) in [4.78, 5) is 30.5. The monoisotopic (exact) mass is 435 g/mol. The molecule has 4 rings (SSSR count). The van der Waals surface area contributed by atoms with E-state index >= 15 is 0 Å². The van der Waals surface area contributed by atoms with Crippen LogP contribution in [0.1, 0.15) is 48.9 Å². The highest BCUT2D eigenvalue weighted by Gasteiger charge is 2.35. The zero-order valence-electron chi connectivity index (χ0n) is 18.9. The first-order valence-corrected chi connectivity index (χ1v) is 10.8. The molecule has 8 nitrogen and oxygen atoms in total. The van der Waals surface area contributed by atoms with Crippen LogP contribution in [-0.4, -0.2) is 51.2 Å². The minimum atomic E-state index is -1.07. The molecule has 3 aromatic rings. The van der Waals surface area contributed by atoms with Crippen LogP contribution in [-0.2, 0) is 10.2 Å². The lowest BCUT2D eigenvalue weighted by Gasteiger charge is -2.26. The van der Waals surface area contributed by atoms with E-state index in [0.29, 0.717) is 5.65 Å². The molecule has 0 spiro atoms. The fraction of sp³-hybridized carbons (Fsp3) is 0.417. The Balaban J connectivity index is 1.54. The van der Waals surface area contributed by atoms with E-state index in [0.717, 1.165) is 30.8 Å². The second-order valence-corrected chi connectivity index (χ2v) is 9.55. The van der Waals surface area contributed by atoms with Gasteiger partial charge in [0.15, 0.2) is 5.65 Å². The normalized spacial score (nSPS) is 18.8. The van der Waals surface area contributed by atoms with Gasteiger partial charge in [0, 0.05) is 25.0 Å². The minimum Gasteiger partial charge on any atom is -0.481 e. The van der Waals surface area contributed by atoms with Crippen molar-refractivity contribution in [3.05, 3.63) is 59.5 Å². The Labute approximate surface area is 187 Å². The van der Waals surface area contributed by atoms with Crippen molar-refractivity contribution in [2.75, 3.05) is 24.5 Å². The highest BCUT2D eigenvalue weighted by atomic mass is 16.4. The lowest BCUT2D eigenvalue weighted by Crippen LogP contribution is -2.39. The molecule has 0 saturated carbocycles. The fourth-order valence-electron chi connectivity index (χ4n) is 4.11. The summed E-state index contributed by atoms with van der Waals surface area (Å²) >= 11 is 0. The van der Waals surface area contributed by atoms with E-state index in [2.05, 4.69) is 57.6 Å². The molecule has 2 N–H and O–H groups in total. The van der Waals surface area contributed by atoms with Gasteiger partial charge in [-0.25, -0.2) is 9.50 Å². The van der Waals surface area contributed by atoms with E-state index in [1.165, 1.54) is 5.56 Å². The summed E-state index contributed by atoms with van der Waals surface area (Å²) in [5.74, 6) is -1.43. The van der Waals surface area contributed by atoms with Gasteiger partial charge in [0.2, 0.25) is 5.82 Å². The average Bonchev–Trinajstić information content (AvgIpc) is 3.38. The molecule has 1 fully saturated rings. The molecule has 1 amide bonds. The Hall–Kier alpha value is -3.42. The number of rotatable bonds is 6. The van der Waals surface area contributed by atoms with Gasteiger partial charge in [-0.05, 0) is 44.4 Å². The van der Waals surface area contributed by atoms with Gasteiger partial charge in [0.25, 0.3) is 5.91 Å². The minimum absolute atomic E-state index is 0.00715. The molecule has 8 heteroatoms. The average molecular weight is 436 g/mol. The Morgan fingerprint density at radius 2 is 1.97 bits per heavy atom. The number of benzene rings is 1. The number of amides is 1. The number of hydrogen-bond acceptors (Lipinski definition) is 5. The Kier molecular flexibility index (Phi) is 5.40. The number of carbonyl (C=O) groups excluding carboxylic acids is 1. The summed E-state index contributed by atoms with van der Waals surface area (Å²) in [6.07, 6.45) is 2.96. The maximum absolute atomic E-state index is 12.5. The number of aromatic nitrogens is 3. The molecule has 32 heavy (non-hydrogen) atoms. The third-order valence-corrected chi connectivity index (χ3v) is 6.39. The van der Waals surface area contributed by atoms with Crippen LogP contribution in [0, 0.1) is 12.3 Å². The van der Waals surface area contributed by atoms with Crippen molar-refractivity contribution in [2.45, 2.75) is 39.5 Å². The predicted molar refractivity (Wildman–Crippen MR) is 122 cm³/mol. The fourth-order valence-corrected chi connectivity index (χ4v) is 4.11. The van der Waals surface area contributed by atoms with E-state index in [-0.39, 0.29) is 17.8 Å². The van der Waals surface area contributed by atoms with Crippen LogP contribution in [0.15, 0.2) is 42.6 Å². The zero-order valence-corrected chi connectivity index (χ0v) is 18.9. The van der Waals surface area contributed by atoms with Gasteiger partial charge in [-0.3, -0.25) is 9.59 Å². The van der Waals surface area contributed by atoms with Gasteiger partial charge in [-0.1, -0.05) is 37.3 Å². The van der Waals surface area contributed by atoms with E-state index < -0.39 is 17.3 Å². The van der Waals surface area contributed by atoms with Crippen molar-refractivity contribution in [2.24, 2.45) is 5.41 Å². The molecule has 0 radical (unpaired) electrons. The van der Waals surface area contributed by atoms with Crippen LogP contribution in [0.5, 0.6) is 0 Å². The van der Waals surface area contributed by atoms with Crippen LogP contribution in [0.4, 0.5) is 5.69 Å². The number of carboxylic acids is 1. The molecule has 1 aliphatic heterocycles. The first kappa shape index (κ1) is 21.8. The summed E-state index contributed by atoms with van der Waals surface area (Å²) in [7, 11) is 0. The number of fused-ring (bicyclic) bond motifs is 1. The Bertz CT molecular complexity index is 1170. The zero-order chi connectivity index (χ0) is 23.1. The van der Waals surface area contributed by atoms with Crippen LogP contribution in [0.25, 0.3) is 5.65 Å². The summed E-state index contributed by atoms with van der Waals surface area (Å²) in [5.41, 5.74) is 2.92. The van der Waals surface area contributed by atoms with Gasteiger partial charge in [-0.2, -0.15) is 0 Å². The molecule has 3 heterocycles. The van der Waals surface area contributed by atoms with E-state index in [9.17, 15) is 14.7 Å². The number of carbonyl (C=O) groups is 2. The summed E-state index contributed by atoms with van der Waals surface area (Å²) < 4.78 is 1.64. The largest absolute Gasteiger partial charge is 0.481 e. The number of anilines is 1. The summed E-state index contributed by atoms with van der Waals surface area (Å²) in [6.45, 7) is 9.19. The van der Waals surface area contributed by atoms with E-state index in [4.69, 9.17) is 0 Å². The summed E-state index contributed by atoms with van der Waals surface area (Å²) in [6, 6.07) is 12.7. The maximum Gasteiger partial charge on any atom is 0.310 e. The Morgan fingerprint density at radius 3 is 2.66 bits per heavy atom. The van der Waals surface area contributed by atoms with Crippen molar-refractivity contribution < 1.29 is 14.7 Å². The number of aryl methyl sites for hydroxylation is 1. The first-order valence-electron chi connectivity index (χ1n) is 10.8. The topological polar surface area (TPSA) is 99.8 Å². The van der Waals surface area contributed by atoms with Gasteiger partial charge in [0.05, 0.1) is 17.3 Å². The molecular formula is C24H29N5O3. The molecule has 0 bridgehead atoms. The van der Waals surface area contributed by atoms with Gasteiger partial charge in [-0.15, -0.1) is 5.10 Å². The quantitative estimate of drug-likeness (QED) is 0.617. The van der Waals surface area contributed by atoms with E-state index in [1.807, 2.05) is 19.2 Å². The van der Waals surface area contributed by atoms with E-state index in [1.54, 1.807) is 18.4 Å². The highest BCUT2D eigenvalue weighted by molar-refractivity contribution is 5.91. The van der Waals surface area contributed by atoms with Crippen molar-refractivity contribution in [3.8, 4) is 0 Å². The number of hydrogen-bond donors (Lipinski definition) is 2. The number of aliphatic carboxylic acids is 1. The van der Waals surface area contributed by atoms with Crippen LogP contribution < -0.4 is 10.2 Å². The molecule has 1 aromatic carbocycles. The Morgan fingerprint density at radius 1 is 1.25 bits per heavy atom.